The van der Waals surface area contributed by atoms with Crippen LogP contribution in [0, 0.1) is 18.6 Å². The Morgan fingerprint density at radius 2 is 1.62 bits per heavy atom. The second-order valence-electron chi connectivity index (χ2n) is 11.6. The molecule has 224 valence electrons. The molecule has 0 spiro atoms. The number of piperidine rings is 1. The number of rotatable bonds is 9. The summed E-state index contributed by atoms with van der Waals surface area (Å²) in [5, 5.41) is 3.18. The molecule has 0 bridgehead atoms. The van der Waals surface area contributed by atoms with E-state index in [1.807, 2.05) is 0 Å². The maximum Gasteiger partial charge on any atom is 0.227 e. The molecule has 2 aromatic heterocycles. The average molecular weight is 580 g/mol. The van der Waals surface area contributed by atoms with Crippen molar-refractivity contribution in [3.63, 3.8) is 0 Å². The summed E-state index contributed by atoms with van der Waals surface area (Å²) in [5.74, 6) is 0.518. The second kappa shape index (κ2) is 12.3. The molecule has 6 rings (SSSR count). The van der Waals surface area contributed by atoms with E-state index in [1.165, 1.54) is 25.6 Å². The lowest BCUT2D eigenvalue weighted by atomic mass is 10.0. The topological polar surface area (TPSA) is 78.9 Å². The van der Waals surface area contributed by atoms with E-state index < -0.39 is 11.6 Å². The summed E-state index contributed by atoms with van der Waals surface area (Å²) in [5.41, 5.74) is 2.20. The zero-order chi connectivity index (χ0) is 29.2. The lowest BCUT2D eigenvalue weighted by Crippen LogP contribution is -2.52. The Balaban J connectivity index is 1.04. The molecule has 3 aliphatic rings. The largest absolute Gasteiger partial charge is 0.494 e. The standard InChI is InChI=1S/C31H39F2N7O2/c1-20-14-22(16-34-30(20)40-8-6-23(7-9-40)39-12-10-38(2)11-13-39)37-31-35-17-24(18-36-31)42-19-26-28(32)25(21-4-5-21)15-27(41-3)29(26)33/h14-18,21,23H,4-13,19H2,1-3H3,(H,35,36,37). The highest BCUT2D eigenvalue weighted by atomic mass is 19.1. The minimum Gasteiger partial charge on any atom is -0.494 e. The van der Waals surface area contributed by atoms with E-state index in [4.69, 9.17) is 14.5 Å². The summed E-state index contributed by atoms with van der Waals surface area (Å²) in [7, 11) is 3.57. The summed E-state index contributed by atoms with van der Waals surface area (Å²) in [6.45, 7) is 8.42. The van der Waals surface area contributed by atoms with Crippen LogP contribution >= 0.6 is 0 Å². The molecule has 1 N–H and O–H groups in total. The van der Waals surface area contributed by atoms with Gasteiger partial charge in [-0.05, 0) is 68.8 Å². The third kappa shape index (κ3) is 6.27. The SMILES string of the molecule is COc1cc(C2CC2)c(F)c(COc2cnc(Nc3cnc(N4CCC(N5CCN(C)CC5)CC4)c(C)c3)nc2)c1F. The molecule has 0 atom stereocenters. The molecule has 4 heterocycles. The van der Waals surface area contributed by atoms with Crippen LogP contribution in [-0.4, -0.2) is 84.2 Å². The average Bonchev–Trinajstić information content (AvgIpc) is 3.84. The van der Waals surface area contributed by atoms with E-state index in [9.17, 15) is 4.39 Å². The third-order valence-electron chi connectivity index (χ3n) is 8.66. The number of nitrogens with one attached hydrogen (secondary N) is 1. The lowest BCUT2D eigenvalue weighted by molar-refractivity contribution is 0.0981. The number of pyridine rings is 1. The van der Waals surface area contributed by atoms with Crippen molar-refractivity contribution in [2.75, 3.05) is 63.6 Å². The van der Waals surface area contributed by atoms with Gasteiger partial charge in [0.15, 0.2) is 17.3 Å². The lowest BCUT2D eigenvalue weighted by Gasteiger charge is -2.42. The van der Waals surface area contributed by atoms with Gasteiger partial charge < -0.3 is 24.6 Å². The first-order valence-corrected chi connectivity index (χ1v) is 14.8. The van der Waals surface area contributed by atoms with E-state index >= 15 is 4.39 Å². The normalized spacial score (nSPS) is 18.7. The van der Waals surface area contributed by atoms with Crippen molar-refractivity contribution in [3.05, 3.63) is 59.0 Å². The van der Waals surface area contributed by atoms with Crippen molar-refractivity contribution in [2.45, 2.75) is 51.2 Å². The van der Waals surface area contributed by atoms with Gasteiger partial charge in [-0.15, -0.1) is 0 Å². The molecule has 3 fully saturated rings. The van der Waals surface area contributed by atoms with Gasteiger partial charge in [0.25, 0.3) is 0 Å². The van der Waals surface area contributed by atoms with Gasteiger partial charge in [-0.2, -0.15) is 0 Å². The number of methoxy groups -OCH3 is 1. The number of hydrogen-bond acceptors (Lipinski definition) is 9. The predicted molar refractivity (Wildman–Crippen MR) is 158 cm³/mol. The maximum absolute atomic E-state index is 15.0. The molecule has 11 heteroatoms. The quantitative estimate of drug-likeness (QED) is 0.382. The van der Waals surface area contributed by atoms with Crippen molar-refractivity contribution >= 4 is 17.5 Å². The van der Waals surface area contributed by atoms with E-state index in [0.29, 0.717) is 23.3 Å². The van der Waals surface area contributed by atoms with Crippen molar-refractivity contribution < 1.29 is 18.3 Å². The Kier molecular flexibility index (Phi) is 8.39. The molecular formula is C31H39F2N7O2. The highest BCUT2D eigenvalue weighted by Gasteiger charge is 2.31. The Labute approximate surface area is 245 Å². The van der Waals surface area contributed by atoms with Crippen LogP contribution < -0.4 is 19.7 Å². The van der Waals surface area contributed by atoms with Crippen LogP contribution in [0.4, 0.5) is 26.2 Å². The minimum absolute atomic E-state index is 0.0257. The molecule has 2 aliphatic heterocycles. The Bertz CT molecular complexity index is 1390. The Hall–Kier alpha value is -3.57. The van der Waals surface area contributed by atoms with E-state index in [-0.39, 0.29) is 23.8 Å². The Morgan fingerprint density at radius 1 is 0.905 bits per heavy atom. The van der Waals surface area contributed by atoms with Crippen LogP contribution in [0.5, 0.6) is 11.5 Å². The molecule has 0 radical (unpaired) electrons. The van der Waals surface area contributed by atoms with Crippen molar-refractivity contribution in [3.8, 4) is 11.5 Å². The van der Waals surface area contributed by atoms with Crippen LogP contribution in [0.2, 0.25) is 0 Å². The summed E-state index contributed by atoms with van der Waals surface area (Å²) in [4.78, 5) is 20.8. The third-order valence-corrected chi connectivity index (χ3v) is 8.66. The number of aromatic nitrogens is 3. The molecule has 1 aliphatic carbocycles. The van der Waals surface area contributed by atoms with Crippen molar-refractivity contribution in [1.29, 1.82) is 0 Å². The molecule has 9 nitrogen and oxygen atoms in total. The monoisotopic (exact) mass is 579 g/mol. The number of likely N-dealkylation sites (N-methyl/N-ethyl adjacent to an activating group) is 1. The first-order valence-electron chi connectivity index (χ1n) is 14.8. The van der Waals surface area contributed by atoms with Gasteiger partial charge in [-0.3, -0.25) is 4.90 Å². The molecule has 0 unspecified atom stereocenters. The van der Waals surface area contributed by atoms with Gasteiger partial charge in [0.2, 0.25) is 5.95 Å². The summed E-state index contributed by atoms with van der Waals surface area (Å²) < 4.78 is 40.6. The number of anilines is 3. The van der Waals surface area contributed by atoms with E-state index in [2.05, 4.69) is 50.0 Å². The molecule has 42 heavy (non-hydrogen) atoms. The summed E-state index contributed by atoms with van der Waals surface area (Å²) >= 11 is 0. The number of aryl methyl sites for hydroxylation is 1. The molecular weight excluding hydrogens is 540 g/mol. The first-order chi connectivity index (χ1) is 20.4. The van der Waals surface area contributed by atoms with E-state index in [0.717, 1.165) is 82.0 Å². The van der Waals surface area contributed by atoms with Gasteiger partial charge in [-0.1, -0.05) is 0 Å². The molecule has 2 saturated heterocycles. The van der Waals surface area contributed by atoms with Gasteiger partial charge in [0, 0.05) is 45.3 Å². The number of ether oxygens (including phenoxy) is 2. The highest BCUT2D eigenvalue weighted by molar-refractivity contribution is 5.59. The van der Waals surface area contributed by atoms with Crippen LogP contribution in [0.15, 0.2) is 30.7 Å². The van der Waals surface area contributed by atoms with Crippen molar-refractivity contribution in [1.82, 2.24) is 24.8 Å². The molecule has 1 aromatic carbocycles. The van der Waals surface area contributed by atoms with Gasteiger partial charge >= 0.3 is 0 Å². The molecule has 1 saturated carbocycles. The summed E-state index contributed by atoms with van der Waals surface area (Å²) in [6, 6.07) is 4.17. The molecule has 3 aromatic rings. The fourth-order valence-electron chi connectivity index (χ4n) is 5.99. The number of piperazine rings is 1. The fraction of sp³-hybridized carbons (Fsp3) is 0.516. The van der Waals surface area contributed by atoms with E-state index in [1.54, 1.807) is 6.20 Å². The smallest absolute Gasteiger partial charge is 0.227 e. The maximum atomic E-state index is 15.0. The summed E-state index contributed by atoms with van der Waals surface area (Å²) in [6.07, 6.45) is 8.86. The minimum atomic E-state index is -0.746. The van der Waals surface area contributed by atoms with Crippen molar-refractivity contribution in [2.24, 2.45) is 0 Å². The fourth-order valence-corrected chi connectivity index (χ4v) is 5.99. The number of hydrogen-bond donors (Lipinski definition) is 1. The Morgan fingerprint density at radius 3 is 2.26 bits per heavy atom. The zero-order valence-electron chi connectivity index (χ0n) is 24.6. The molecule has 0 amide bonds. The number of benzene rings is 1. The first kappa shape index (κ1) is 28.5. The number of halogens is 2. The van der Waals surface area contributed by atoms with Crippen LogP contribution in [0.3, 0.4) is 0 Å². The number of nitrogens with zero attached hydrogens (tertiary/aromatic N) is 6. The van der Waals surface area contributed by atoms with Gasteiger partial charge in [0.1, 0.15) is 18.2 Å². The highest BCUT2D eigenvalue weighted by Crippen LogP contribution is 2.44. The van der Waals surface area contributed by atoms with Gasteiger partial charge in [-0.25, -0.2) is 23.7 Å². The van der Waals surface area contributed by atoms with Crippen LogP contribution in [0.25, 0.3) is 0 Å². The zero-order valence-corrected chi connectivity index (χ0v) is 24.6. The van der Waals surface area contributed by atoms with Crippen LogP contribution in [0.1, 0.15) is 48.3 Å². The van der Waals surface area contributed by atoms with Crippen LogP contribution in [-0.2, 0) is 6.61 Å². The van der Waals surface area contributed by atoms with Gasteiger partial charge in [0.05, 0.1) is 37.0 Å². The second-order valence-corrected chi connectivity index (χ2v) is 11.6. The predicted octanol–water partition coefficient (Wildman–Crippen LogP) is 4.88.